The van der Waals surface area contributed by atoms with Crippen LogP contribution in [-0.2, 0) is 0 Å². The Hall–Kier alpha value is -2.47. The van der Waals surface area contributed by atoms with Crippen molar-refractivity contribution in [3.63, 3.8) is 0 Å². The minimum Gasteiger partial charge on any atom is -0.404 e. The topological polar surface area (TPSA) is 70.6 Å². The first-order valence-electron chi connectivity index (χ1n) is 10.2. The molecule has 2 N–H and O–H groups in total. The molecule has 2 heterocycles. The van der Waals surface area contributed by atoms with E-state index in [4.69, 9.17) is 10.7 Å². The largest absolute Gasteiger partial charge is 0.404 e. The van der Waals surface area contributed by atoms with Gasteiger partial charge in [0.2, 0.25) is 0 Å². The number of benzene rings is 1. The first-order chi connectivity index (χ1) is 13.5. The normalized spacial score (nSPS) is 26.8. The van der Waals surface area contributed by atoms with Crippen LogP contribution >= 0.6 is 0 Å². The Morgan fingerprint density at radius 2 is 2.04 bits per heavy atom. The molecule has 2 aromatic rings. The number of nitrogens with zero attached hydrogens (tertiary/aromatic N) is 5. The minimum absolute atomic E-state index is 0.421. The van der Waals surface area contributed by atoms with Gasteiger partial charge in [-0.1, -0.05) is 6.92 Å². The number of allylic oxidation sites excluding steroid dienone is 1. The summed E-state index contributed by atoms with van der Waals surface area (Å²) >= 11 is 0. The van der Waals surface area contributed by atoms with Crippen LogP contribution in [0.5, 0.6) is 0 Å². The number of anilines is 1. The van der Waals surface area contributed by atoms with Crippen LogP contribution in [-0.4, -0.2) is 59.8 Å². The van der Waals surface area contributed by atoms with Gasteiger partial charge in [0.25, 0.3) is 0 Å². The van der Waals surface area contributed by atoms with Crippen LogP contribution in [0.2, 0.25) is 0 Å². The number of rotatable bonds is 4. The van der Waals surface area contributed by atoms with E-state index in [9.17, 15) is 0 Å². The lowest BCUT2D eigenvalue weighted by atomic mass is 9.82. The average Bonchev–Trinajstić information content (AvgIpc) is 2.68. The molecule has 1 atom stereocenters. The van der Waals surface area contributed by atoms with Gasteiger partial charge in [-0.05, 0) is 50.9 Å². The summed E-state index contributed by atoms with van der Waals surface area (Å²) in [6, 6.07) is 7.31. The molecule has 1 aromatic heterocycles. The molecule has 1 saturated carbocycles. The predicted octanol–water partition coefficient (Wildman–Crippen LogP) is 2.94. The van der Waals surface area contributed by atoms with Crippen LogP contribution in [0.3, 0.4) is 0 Å². The molecule has 28 heavy (non-hydrogen) atoms. The molecule has 1 aliphatic carbocycles. The summed E-state index contributed by atoms with van der Waals surface area (Å²) in [5.74, 6) is 0.781. The van der Waals surface area contributed by atoms with Gasteiger partial charge in [-0.15, -0.1) is 0 Å². The number of fused-ring (bicyclic) bond motifs is 1. The number of nitrogens with two attached hydrogens (primary N) is 1. The Morgan fingerprint density at radius 3 is 2.75 bits per heavy atom. The van der Waals surface area contributed by atoms with Crippen LogP contribution in [0.4, 0.5) is 5.69 Å². The molecule has 0 spiro atoms. The third-order valence-corrected chi connectivity index (χ3v) is 6.10. The number of piperazine rings is 1. The van der Waals surface area contributed by atoms with Crippen molar-refractivity contribution >= 4 is 28.5 Å². The third kappa shape index (κ3) is 3.87. The molecule has 1 saturated heterocycles. The molecule has 0 bridgehead atoms. The van der Waals surface area contributed by atoms with Crippen molar-refractivity contribution in [1.82, 2.24) is 14.9 Å². The van der Waals surface area contributed by atoms with E-state index < -0.39 is 0 Å². The lowest BCUT2D eigenvalue weighted by Gasteiger charge is -2.39. The van der Waals surface area contributed by atoms with E-state index in [2.05, 4.69) is 58.9 Å². The highest BCUT2D eigenvalue weighted by atomic mass is 15.3. The quantitative estimate of drug-likeness (QED) is 0.829. The zero-order chi connectivity index (χ0) is 19.7. The molecular weight excluding hydrogens is 348 g/mol. The molecule has 2 fully saturated rings. The highest BCUT2D eigenvalue weighted by Crippen LogP contribution is 2.29. The second-order valence-electron chi connectivity index (χ2n) is 8.33. The van der Waals surface area contributed by atoms with Crippen LogP contribution in [0.15, 0.2) is 35.6 Å². The molecule has 1 aliphatic heterocycles. The fourth-order valence-electron chi connectivity index (χ4n) is 3.98. The van der Waals surface area contributed by atoms with Gasteiger partial charge in [0, 0.05) is 49.4 Å². The van der Waals surface area contributed by atoms with E-state index in [0.29, 0.717) is 12.1 Å². The molecule has 0 unspecified atom stereocenters. The Labute approximate surface area is 167 Å². The maximum absolute atomic E-state index is 5.86. The van der Waals surface area contributed by atoms with Crippen LogP contribution in [0, 0.1) is 5.92 Å². The number of hydrogen-bond donors (Lipinski definition) is 1. The van der Waals surface area contributed by atoms with Crippen molar-refractivity contribution in [2.75, 3.05) is 31.6 Å². The molecule has 0 amide bonds. The lowest BCUT2D eigenvalue weighted by molar-refractivity contribution is 0.234. The summed E-state index contributed by atoms with van der Waals surface area (Å²) in [6.45, 7) is 7.65. The average molecular weight is 379 g/mol. The fourth-order valence-corrected chi connectivity index (χ4v) is 3.98. The molecule has 6 nitrogen and oxygen atoms in total. The van der Waals surface area contributed by atoms with Gasteiger partial charge >= 0.3 is 0 Å². The number of aromatic nitrogens is 2. The van der Waals surface area contributed by atoms with Crippen LogP contribution in [0.25, 0.3) is 16.6 Å². The molecule has 6 heteroatoms. The summed E-state index contributed by atoms with van der Waals surface area (Å²) in [7, 11) is 2.19. The van der Waals surface area contributed by atoms with E-state index in [-0.39, 0.29) is 0 Å². The number of likely N-dealkylation sites (N-methyl/N-ethyl adjacent to an activating group) is 1. The highest BCUT2D eigenvalue weighted by Gasteiger charge is 2.24. The van der Waals surface area contributed by atoms with Gasteiger partial charge in [-0.3, -0.25) is 9.98 Å². The van der Waals surface area contributed by atoms with Crippen molar-refractivity contribution < 1.29 is 0 Å². The Kier molecular flexibility index (Phi) is 5.31. The summed E-state index contributed by atoms with van der Waals surface area (Å²) in [4.78, 5) is 18.9. The monoisotopic (exact) mass is 378 g/mol. The fraction of sp³-hybridized carbons (Fsp3) is 0.500. The summed E-state index contributed by atoms with van der Waals surface area (Å²) < 4.78 is 0. The van der Waals surface area contributed by atoms with Gasteiger partial charge < -0.3 is 15.5 Å². The molecule has 1 aromatic carbocycles. The Balaban J connectivity index is 1.57. The van der Waals surface area contributed by atoms with Crippen molar-refractivity contribution in [2.24, 2.45) is 16.6 Å². The maximum atomic E-state index is 5.86. The summed E-state index contributed by atoms with van der Waals surface area (Å²) in [6.07, 6.45) is 7.54. The summed E-state index contributed by atoms with van der Waals surface area (Å²) in [5, 5.41) is 0. The summed E-state index contributed by atoms with van der Waals surface area (Å²) in [5.41, 5.74) is 10.5. The Morgan fingerprint density at radius 1 is 1.21 bits per heavy atom. The van der Waals surface area contributed by atoms with E-state index in [0.717, 1.165) is 60.7 Å². The van der Waals surface area contributed by atoms with E-state index >= 15 is 0 Å². The molecule has 4 rings (SSSR count). The zero-order valence-corrected chi connectivity index (χ0v) is 17.0. The lowest BCUT2D eigenvalue weighted by Crippen LogP contribution is -2.50. The van der Waals surface area contributed by atoms with Gasteiger partial charge in [0.1, 0.15) is 0 Å². The third-order valence-electron chi connectivity index (χ3n) is 6.10. The number of hydrogen-bond acceptors (Lipinski definition) is 6. The Bertz CT molecular complexity index is 899. The highest BCUT2D eigenvalue weighted by molar-refractivity contribution is 6.09. The second-order valence-corrected chi connectivity index (χ2v) is 8.33. The minimum atomic E-state index is 0.421. The maximum Gasteiger partial charge on any atom is 0.0922 e. The van der Waals surface area contributed by atoms with E-state index in [1.165, 1.54) is 5.69 Å². The smallest absolute Gasteiger partial charge is 0.0922 e. The SMILES string of the molecule is CC1CC(N=CC(=CN)c2cnc3ccc(N4CCN(C)[C@H](C)C4)cc3n2)C1. The van der Waals surface area contributed by atoms with Crippen molar-refractivity contribution in [3.8, 4) is 0 Å². The first-order valence-corrected chi connectivity index (χ1v) is 10.2. The predicted molar refractivity (Wildman–Crippen MR) is 117 cm³/mol. The van der Waals surface area contributed by atoms with Gasteiger partial charge in [-0.25, -0.2) is 4.98 Å². The standard InChI is InChI=1S/C22H30N6/c1-15-8-18(9-15)24-12-17(11-23)22-13-25-20-5-4-19(10-21(20)26-22)28-7-6-27(3)16(2)14-28/h4-5,10-13,15-16,18H,6-9,14,23H2,1-3H3/t15?,16-,18?/m1/s1. The molecule has 0 radical (unpaired) electrons. The van der Waals surface area contributed by atoms with E-state index in [1.807, 2.05) is 6.21 Å². The molecular formula is C22H30N6. The molecule has 148 valence electrons. The molecule has 2 aliphatic rings. The zero-order valence-electron chi connectivity index (χ0n) is 17.0. The van der Waals surface area contributed by atoms with Crippen molar-refractivity contribution in [2.45, 2.75) is 38.8 Å². The number of aliphatic imine (C=N–C) groups is 1. The van der Waals surface area contributed by atoms with Crippen molar-refractivity contribution in [1.29, 1.82) is 0 Å². The van der Waals surface area contributed by atoms with Gasteiger partial charge in [0.05, 0.1) is 29.0 Å². The first kappa shape index (κ1) is 18.9. The second kappa shape index (κ2) is 7.87. The van der Waals surface area contributed by atoms with Crippen LogP contribution < -0.4 is 10.6 Å². The van der Waals surface area contributed by atoms with Gasteiger partial charge in [-0.2, -0.15) is 0 Å². The van der Waals surface area contributed by atoms with Crippen molar-refractivity contribution in [3.05, 3.63) is 36.3 Å². The van der Waals surface area contributed by atoms with Gasteiger partial charge in [0.15, 0.2) is 0 Å². The van der Waals surface area contributed by atoms with Crippen LogP contribution in [0.1, 0.15) is 32.4 Å². The van der Waals surface area contributed by atoms with E-state index in [1.54, 1.807) is 12.4 Å².